The minimum atomic E-state index is -1.69. The summed E-state index contributed by atoms with van der Waals surface area (Å²) in [5.41, 5.74) is -2.26. The Morgan fingerprint density at radius 2 is 0.990 bits per heavy atom. The Balaban J connectivity index is 3.08. The number of amides is 12. The first kappa shape index (κ1) is 93.5. The van der Waals surface area contributed by atoms with Crippen LogP contribution < -0.4 is 21.3 Å². The number of hydrogen-bond donors (Lipinski definition) is 6. The van der Waals surface area contributed by atoms with Crippen LogP contribution in [0, 0.1) is 35.5 Å². The summed E-state index contributed by atoms with van der Waals surface area (Å²) < 4.78 is 5.59. The Bertz CT molecular complexity index is 2910. The summed E-state index contributed by atoms with van der Waals surface area (Å²) in [5.74, 6) is -10.1. The molecule has 2 rings (SSSR count). The molecule has 104 heavy (non-hydrogen) atoms. The lowest BCUT2D eigenvalue weighted by Gasteiger charge is -2.41. The number of piperazine rings is 1. The van der Waals surface area contributed by atoms with Crippen LogP contribution in [0.4, 0.5) is 4.79 Å². The van der Waals surface area contributed by atoms with Gasteiger partial charge in [-0.05, 0) is 142 Å². The fraction of sp³-hybridized carbons (Fsp3) is 0.813. The second-order valence-electron chi connectivity index (χ2n) is 32.4. The molecule has 2 aliphatic heterocycles. The molecule has 0 aromatic carbocycles. The summed E-state index contributed by atoms with van der Waals surface area (Å²) in [4.78, 5) is 191. The SMILES string of the molecule is CC=CC[C@@H](C)[C@@H](O)[C@H]1C(=O)N[C@@H](CC)C(=O)N(C)[C@H](CSCCCN2CCN(C(=O)OC(C)(C)C)CC2)C(=O)N(C)[C@@H](CC(C)(C)O)C(=O)N[C@@H](C(C)C)C(=O)N(C)[C@@H](CC(C)C)C(=O)N[C@@H](C)C(=O)N[C@H](C)C(=O)N(C)[C@@H](CC(C)C)C(=O)N(C)[C@@H](CC(C)C)C(=O)N(C)[C@@H](C(C)C)C(=O)N1C. The van der Waals surface area contributed by atoms with Gasteiger partial charge >= 0.3 is 6.09 Å². The highest BCUT2D eigenvalue weighted by atomic mass is 32.2. The van der Waals surface area contributed by atoms with Gasteiger partial charge in [-0.25, -0.2) is 4.79 Å². The topological polar surface area (TPSA) is 332 Å². The molecule has 0 radical (unpaired) electrons. The van der Waals surface area contributed by atoms with Crippen molar-refractivity contribution in [1.29, 1.82) is 0 Å². The number of carbonyl (C=O) groups is 12. The molecule has 0 saturated carbocycles. The molecule has 29 heteroatoms. The molecule has 2 saturated heterocycles. The number of aliphatic hydroxyl groups excluding tert-OH is 1. The molecule has 2 fully saturated rings. The third-order valence-electron chi connectivity index (χ3n) is 19.4. The molecule has 596 valence electrons. The van der Waals surface area contributed by atoms with E-state index >= 15 is 33.6 Å². The summed E-state index contributed by atoms with van der Waals surface area (Å²) in [6.45, 7) is 37.1. The third-order valence-corrected chi connectivity index (χ3v) is 20.6. The van der Waals surface area contributed by atoms with Crippen molar-refractivity contribution >= 4 is 82.8 Å². The predicted octanol–water partition coefficient (Wildman–Crippen LogP) is 4.43. The molecule has 28 nitrogen and oxygen atoms in total. The number of likely N-dealkylation sites (N-methyl/N-ethyl adjacent to an activating group) is 7. The molecule has 6 N–H and O–H groups in total. The maximum absolute atomic E-state index is 15.6. The molecule has 2 aliphatic rings. The van der Waals surface area contributed by atoms with Crippen molar-refractivity contribution in [3.05, 3.63) is 12.2 Å². The first-order chi connectivity index (χ1) is 48.0. The Kier molecular flexibility index (Phi) is 37.8. The van der Waals surface area contributed by atoms with Gasteiger partial charge in [0.15, 0.2) is 0 Å². The van der Waals surface area contributed by atoms with Crippen LogP contribution >= 0.6 is 11.8 Å². The van der Waals surface area contributed by atoms with E-state index in [1.807, 2.05) is 62.3 Å². The van der Waals surface area contributed by atoms with Crippen LogP contribution in [0.25, 0.3) is 0 Å². The lowest BCUT2D eigenvalue weighted by molar-refractivity contribution is -0.157. The lowest BCUT2D eigenvalue weighted by atomic mass is 9.91. The molecule has 12 amide bonds. The maximum Gasteiger partial charge on any atom is 0.410 e. The van der Waals surface area contributed by atoms with Crippen LogP contribution in [-0.4, -0.2) is 303 Å². The van der Waals surface area contributed by atoms with E-state index in [0.29, 0.717) is 44.9 Å². The van der Waals surface area contributed by atoms with Crippen molar-refractivity contribution in [3.63, 3.8) is 0 Å². The van der Waals surface area contributed by atoms with E-state index < -0.39 is 166 Å². The second-order valence-corrected chi connectivity index (χ2v) is 33.6. The van der Waals surface area contributed by atoms with Crippen LogP contribution in [0.5, 0.6) is 0 Å². The van der Waals surface area contributed by atoms with Crippen LogP contribution in [0.1, 0.15) is 183 Å². The van der Waals surface area contributed by atoms with Gasteiger partial charge in [0, 0.05) is 87.7 Å². The molecule has 0 bridgehead atoms. The highest BCUT2D eigenvalue weighted by Gasteiger charge is 2.47. The quantitative estimate of drug-likeness (QED) is 0.0684. The summed E-state index contributed by atoms with van der Waals surface area (Å²) in [6, 6.07) is -14.7. The van der Waals surface area contributed by atoms with Gasteiger partial charge in [0.1, 0.15) is 72.1 Å². The van der Waals surface area contributed by atoms with Gasteiger partial charge < -0.3 is 75.4 Å². The van der Waals surface area contributed by atoms with Crippen LogP contribution in [0.3, 0.4) is 0 Å². The zero-order valence-electron chi connectivity index (χ0n) is 68.1. The Hall–Kier alpha value is -6.59. The zero-order valence-corrected chi connectivity index (χ0v) is 68.9. The summed E-state index contributed by atoms with van der Waals surface area (Å²) in [5, 5.41) is 35.0. The number of hydrogen-bond acceptors (Lipinski definition) is 17. The Labute approximate surface area is 626 Å². The highest BCUT2D eigenvalue weighted by Crippen LogP contribution is 2.27. The number of nitrogens with zero attached hydrogens (tertiary/aromatic N) is 9. The number of nitrogens with one attached hydrogen (secondary N) is 4. The Morgan fingerprint density at radius 1 is 0.538 bits per heavy atom. The van der Waals surface area contributed by atoms with E-state index in [1.165, 1.54) is 113 Å². The van der Waals surface area contributed by atoms with E-state index in [9.17, 15) is 34.2 Å². The smallest absolute Gasteiger partial charge is 0.410 e. The van der Waals surface area contributed by atoms with Gasteiger partial charge in [-0.15, -0.1) is 0 Å². The molecular weight excluding hydrogens is 1350 g/mol. The molecular formula is C75H135N13O15S. The normalized spacial score (nSPS) is 26.2. The third kappa shape index (κ3) is 27.6. The van der Waals surface area contributed by atoms with Crippen molar-refractivity contribution in [3.8, 4) is 0 Å². The van der Waals surface area contributed by atoms with Crippen molar-refractivity contribution < 1.29 is 72.5 Å². The van der Waals surface area contributed by atoms with E-state index in [4.69, 9.17) is 4.74 Å². The molecule has 0 aromatic heterocycles. The number of aliphatic hydroxyl groups is 2. The summed E-state index contributed by atoms with van der Waals surface area (Å²) >= 11 is 1.37. The zero-order chi connectivity index (χ0) is 80.1. The standard InChI is InChI=1S/C75H135N13O15S/c1-28-30-32-49(13)61(89)60-65(93)78-52(29-2)67(95)84(25)57(43-104-38-31-33-87-34-36-88(37-35-87)73(101)103-74(16,17)18)70(98)83(24)56(42-75(19,20)102)64(92)79-58(47(9)10)71(99)80(21)53(39-44(3)4)63(91)76-50(14)62(90)77-51(15)66(94)81(22)54(40-45(5)6)68(96)82(23)55(41-46(7)8)69(97)85(26)59(48(11)12)72(100)86(60)27/h28,30,44-61,89,102H,29,31-43H2,1-27H3,(H,76,91)(H,77,90)(H,78,93)(H,79,92)/t49-,50+,51-,52+,53+,54+,55+,56+,57-,58+,59+,60+,61-/m1/s1. The molecule has 0 aliphatic carbocycles. The lowest BCUT2D eigenvalue weighted by Crippen LogP contribution is -2.64. The molecule has 13 atom stereocenters. The monoisotopic (exact) mass is 1490 g/mol. The van der Waals surface area contributed by atoms with E-state index in [2.05, 4.69) is 26.2 Å². The van der Waals surface area contributed by atoms with E-state index in [-0.39, 0.29) is 68.1 Å². The van der Waals surface area contributed by atoms with Gasteiger partial charge in [0.05, 0.1) is 11.7 Å². The first-order valence-electron chi connectivity index (χ1n) is 37.4. The average molecular weight is 1490 g/mol. The average Bonchev–Trinajstić information content (AvgIpc) is 0.805. The van der Waals surface area contributed by atoms with Crippen molar-refractivity contribution in [2.45, 2.75) is 267 Å². The van der Waals surface area contributed by atoms with Gasteiger partial charge in [0.25, 0.3) is 0 Å². The number of carbonyl (C=O) groups excluding carboxylic acids is 12. The number of allylic oxidation sites excluding steroid dienone is 2. The largest absolute Gasteiger partial charge is 0.444 e. The van der Waals surface area contributed by atoms with Crippen molar-refractivity contribution in [1.82, 2.24) is 65.4 Å². The van der Waals surface area contributed by atoms with Crippen molar-refractivity contribution in [2.24, 2.45) is 35.5 Å². The summed E-state index contributed by atoms with van der Waals surface area (Å²) in [7, 11) is 9.83. The van der Waals surface area contributed by atoms with Crippen LogP contribution in [0.15, 0.2) is 12.2 Å². The van der Waals surface area contributed by atoms with Gasteiger partial charge in [-0.2, -0.15) is 11.8 Å². The maximum atomic E-state index is 15.6. The number of rotatable bonds is 21. The fourth-order valence-corrected chi connectivity index (χ4v) is 14.1. The van der Waals surface area contributed by atoms with Crippen LogP contribution in [0.2, 0.25) is 0 Å². The molecule has 0 unspecified atom stereocenters. The van der Waals surface area contributed by atoms with Crippen LogP contribution in [-0.2, 0) is 57.5 Å². The van der Waals surface area contributed by atoms with Crippen molar-refractivity contribution in [2.75, 3.05) is 93.6 Å². The van der Waals surface area contributed by atoms with Gasteiger partial charge in [-0.3, -0.25) is 57.6 Å². The fourth-order valence-electron chi connectivity index (χ4n) is 13.0. The summed E-state index contributed by atoms with van der Waals surface area (Å²) in [6.07, 6.45) is 2.46. The predicted molar refractivity (Wildman–Crippen MR) is 405 cm³/mol. The molecule has 0 spiro atoms. The Morgan fingerprint density at radius 3 is 1.47 bits per heavy atom. The minimum absolute atomic E-state index is 0.0326. The van der Waals surface area contributed by atoms with Gasteiger partial charge in [-0.1, -0.05) is 95.2 Å². The molecule has 0 aromatic rings. The number of ether oxygens (including phenoxy) is 1. The van der Waals surface area contributed by atoms with Gasteiger partial charge in [0.2, 0.25) is 65.0 Å². The highest BCUT2D eigenvalue weighted by molar-refractivity contribution is 7.99. The minimum Gasteiger partial charge on any atom is -0.444 e. The molecule has 2 heterocycles. The number of thioether (sulfide) groups is 1. The van der Waals surface area contributed by atoms with E-state index in [1.54, 1.807) is 65.5 Å². The first-order valence-corrected chi connectivity index (χ1v) is 38.5. The van der Waals surface area contributed by atoms with E-state index in [0.717, 1.165) is 9.80 Å². The second kappa shape index (κ2) is 42.1.